The van der Waals surface area contributed by atoms with Gasteiger partial charge >= 0.3 is 6.36 Å². The van der Waals surface area contributed by atoms with E-state index in [1.54, 1.807) is 24.4 Å². The van der Waals surface area contributed by atoms with Crippen molar-refractivity contribution in [2.45, 2.75) is 19.5 Å². The Morgan fingerprint density at radius 3 is 2.31 bits per heavy atom. The Morgan fingerprint density at radius 2 is 1.62 bits per heavy atom. The number of rotatable bonds is 5. The molecule has 2 heterocycles. The lowest BCUT2D eigenvalue weighted by Crippen LogP contribution is -2.24. The van der Waals surface area contributed by atoms with Gasteiger partial charge < -0.3 is 9.30 Å². The van der Waals surface area contributed by atoms with Crippen LogP contribution in [-0.4, -0.2) is 20.7 Å². The molecule has 0 atom stereocenters. The normalized spacial score (nSPS) is 11.7. The van der Waals surface area contributed by atoms with E-state index in [2.05, 4.69) is 9.84 Å². The Hall–Kier alpha value is -3.55. The third-order valence-electron chi connectivity index (χ3n) is 4.51. The van der Waals surface area contributed by atoms with Gasteiger partial charge in [0, 0.05) is 24.3 Å². The number of hydrogen-bond acceptors (Lipinski definition) is 3. The summed E-state index contributed by atoms with van der Waals surface area (Å²) in [5.41, 5.74) is 1.18. The Bertz CT molecular complexity index is 1180. The molecule has 0 saturated carbocycles. The van der Waals surface area contributed by atoms with Crippen molar-refractivity contribution in [1.82, 2.24) is 14.3 Å². The molecule has 148 valence electrons. The van der Waals surface area contributed by atoms with Crippen molar-refractivity contribution in [2.75, 3.05) is 0 Å². The lowest BCUT2D eigenvalue weighted by Gasteiger charge is -2.10. The summed E-state index contributed by atoms with van der Waals surface area (Å²) in [5.74, 6) is -0.293. The van der Waals surface area contributed by atoms with E-state index >= 15 is 0 Å². The molecule has 0 aliphatic carbocycles. The molecule has 2 aromatic carbocycles. The summed E-state index contributed by atoms with van der Waals surface area (Å²) in [6, 6.07) is 14.7. The van der Waals surface area contributed by atoms with Gasteiger partial charge in [0.2, 0.25) is 0 Å². The highest BCUT2D eigenvalue weighted by Crippen LogP contribution is 2.27. The van der Waals surface area contributed by atoms with Crippen molar-refractivity contribution in [3.63, 3.8) is 0 Å². The summed E-state index contributed by atoms with van der Waals surface area (Å²) in [7, 11) is 0. The Balaban J connectivity index is 1.62. The fraction of sp³-hybridized carbons (Fsp3) is 0.143. The third kappa shape index (κ3) is 4.31. The Labute approximate surface area is 163 Å². The second-order valence-electron chi connectivity index (χ2n) is 6.47. The highest BCUT2D eigenvalue weighted by atomic mass is 19.4. The molecule has 2 aromatic heterocycles. The van der Waals surface area contributed by atoms with Gasteiger partial charge in [0.15, 0.2) is 0 Å². The summed E-state index contributed by atoms with van der Waals surface area (Å²) >= 11 is 0. The molecule has 0 unspecified atom stereocenters. The predicted octanol–water partition coefficient (Wildman–Crippen LogP) is 4.46. The molecule has 0 aliphatic heterocycles. The van der Waals surface area contributed by atoms with E-state index in [9.17, 15) is 18.0 Å². The van der Waals surface area contributed by atoms with E-state index < -0.39 is 6.36 Å². The van der Waals surface area contributed by atoms with Crippen LogP contribution < -0.4 is 10.3 Å². The molecule has 0 amide bonds. The molecule has 29 heavy (non-hydrogen) atoms. The van der Waals surface area contributed by atoms with E-state index in [1.807, 2.05) is 29.1 Å². The van der Waals surface area contributed by atoms with Crippen LogP contribution in [0.1, 0.15) is 0 Å². The summed E-state index contributed by atoms with van der Waals surface area (Å²) in [6.07, 6.45) is 0.729. The SMILES string of the molecule is O=c1c2cc(-c3ccc(OC(F)(F)F)cc3)ccc2cnn1CCn1cccc1. The van der Waals surface area contributed by atoms with E-state index in [-0.39, 0.29) is 11.3 Å². The van der Waals surface area contributed by atoms with Crippen LogP contribution in [-0.2, 0) is 13.1 Å². The van der Waals surface area contributed by atoms with Gasteiger partial charge in [-0.2, -0.15) is 5.10 Å². The fourth-order valence-electron chi connectivity index (χ4n) is 3.09. The van der Waals surface area contributed by atoms with Gasteiger partial charge in [-0.05, 0) is 41.5 Å². The molecule has 4 aromatic rings. The Morgan fingerprint density at radius 1 is 0.931 bits per heavy atom. The van der Waals surface area contributed by atoms with E-state index in [4.69, 9.17) is 0 Å². The second-order valence-corrected chi connectivity index (χ2v) is 6.47. The first-order valence-electron chi connectivity index (χ1n) is 8.86. The van der Waals surface area contributed by atoms with Gasteiger partial charge in [-0.25, -0.2) is 4.68 Å². The van der Waals surface area contributed by atoms with Crippen molar-refractivity contribution in [2.24, 2.45) is 0 Å². The molecule has 0 radical (unpaired) electrons. The maximum atomic E-state index is 12.8. The highest BCUT2D eigenvalue weighted by Gasteiger charge is 2.30. The zero-order valence-corrected chi connectivity index (χ0v) is 15.1. The number of hydrogen-bond donors (Lipinski definition) is 0. The summed E-state index contributed by atoms with van der Waals surface area (Å²) in [5, 5.41) is 5.42. The zero-order chi connectivity index (χ0) is 20.4. The molecular weight excluding hydrogens is 383 g/mol. The molecular formula is C21H16F3N3O2. The van der Waals surface area contributed by atoms with Gasteiger partial charge in [0.05, 0.1) is 18.1 Å². The van der Waals surface area contributed by atoms with E-state index in [1.165, 1.54) is 28.9 Å². The number of nitrogens with zero attached hydrogens (tertiary/aromatic N) is 3. The monoisotopic (exact) mass is 399 g/mol. The van der Waals surface area contributed by atoms with Crippen LogP contribution in [0.25, 0.3) is 21.9 Å². The molecule has 4 rings (SSSR count). The fourth-order valence-corrected chi connectivity index (χ4v) is 3.09. The summed E-state index contributed by atoms with van der Waals surface area (Å²) in [6.45, 7) is 1.04. The number of halogens is 3. The first kappa shape index (κ1) is 18.8. The predicted molar refractivity (Wildman–Crippen MR) is 103 cm³/mol. The van der Waals surface area contributed by atoms with Crippen LogP contribution in [0.15, 0.2) is 78.0 Å². The molecule has 0 fully saturated rings. The topological polar surface area (TPSA) is 49.0 Å². The lowest BCUT2D eigenvalue weighted by atomic mass is 10.0. The van der Waals surface area contributed by atoms with Crippen LogP contribution in [0, 0.1) is 0 Å². The molecule has 8 heteroatoms. The maximum Gasteiger partial charge on any atom is 0.573 e. The first-order chi connectivity index (χ1) is 13.9. The van der Waals surface area contributed by atoms with Crippen LogP contribution >= 0.6 is 0 Å². The van der Waals surface area contributed by atoms with Gasteiger partial charge in [0.1, 0.15) is 5.75 Å². The van der Waals surface area contributed by atoms with Gasteiger partial charge in [-0.1, -0.05) is 24.3 Å². The number of ether oxygens (including phenoxy) is 1. The lowest BCUT2D eigenvalue weighted by molar-refractivity contribution is -0.274. The van der Waals surface area contributed by atoms with Crippen LogP contribution in [0.2, 0.25) is 0 Å². The number of alkyl halides is 3. The van der Waals surface area contributed by atoms with Crippen LogP contribution in [0.3, 0.4) is 0 Å². The number of benzene rings is 2. The van der Waals surface area contributed by atoms with Crippen molar-refractivity contribution >= 4 is 10.8 Å². The molecule has 0 N–H and O–H groups in total. The number of aromatic nitrogens is 3. The third-order valence-corrected chi connectivity index (χ3v) is 4.51. The standard InChI is InChI=1S/C21H16F3N3O2/c22-21(23,24)29-18-7-5-15(6-8-18)16-3-4-17-14-25-27(20(28)19(17)13-16)12-11-26-9-1-2-10-26/h1-10,13-14H,11-12H2. The van der Waals surface area contributed by atoms with Gasteiger partial charge in [-0.15, -0.1) is 13.2 Å². The molecule has 0 spiro atoms. The van der Waals surface area contributed by atoms with E-state index in [0.717, 1.165) is 5.56 Å². The average Bonchev–Trinajstić information content (AvgIpc) is 3.20. The smallest absolute Gasteiger partial charge is 0.406 e. The van der Waals surface area contributed by atoms with Crippen LogP contribution in [0.4, 0.5) is 13.2 Å². The molecule has 5 nitrogen and oxygen atoms in total. The van der Waals surface area contributed by atoms with Crippen LogP contribution in [0.5, 0.6) is 5.75 Å². The second kappa shape index (κ2) is 7.46. The van der Waals surface area contributed by atoms with Crippen molar-refractivity contribution in [3.05, 3.63) is 83.5 Å². The average molecular weight is 399 g/mol. The first-order valence-corrected chi connectivity index (χ1v) is 8.86. The molecule has 0 bridgehead atoms. The zero-order valence-electron chi connectivity index (χ0n) is 15.1. The van der Waals surface area contributed by atoms with Gasteiger partial charge in [0.25, 0.3) is 5.56 Å². The quantitative estimate of drug-likeness (QED) is 0.498. The number of aryl methyl sites for hydroxylation is 2. The van der Waals surface area contributed by atoms with Gasteiger partial charge in [-0.3, -0.25) is 4.79 Å². The molecule has 0 aliphatic rings. The van der Waals surface area contributed by atoms with Crippen molar-refractivity contribution in [3.8, 4) is 16.9 Å². The van der Waals surface area contributed by atoms with Crippen molar-refractivity contribution in [1.29, 1.82) is 0 Å². The summed E-state index contributed by atoms with van der Waals surface area (Å²) in [4.78, 5) is 12.8. The number of fused-ring (bicyclic) bond motifs is 1. The molecule has 0 saturated heterocycles. The maximum absolute atomic E-state index is 12.8. The summed E-state index contributed by atoms with van der Waals surface area (Å²) < 4.78 is 44.2. The Kier molecular flexibility index (Phi) is 4.84. The van der Waals surface area contributed by atoms with E-state index in [0.29, 0.717) is 29.4 Å². The largest absolute Gasteiger partial charge is 0.573 e. The van der Waals surface area contributed by atoms with Crippen molar-refractivity contribution < 1.29 is 17.9 Å². The minimum absolute atomic E-state index is 0.214. The minimum Gasteiger partial charge on any atom is -0.406 e. The minimum atomic E-state index is -4.73. The highest BCUT2D eigenvalue weighted by molar-refractivity contribution is 5.86.